The average Bonchev–Trinajstić information content (AvgIpc) is 2.81. The number of anilines is 1. The van der Waals surface area contributed by atoms with E-state index in [1.54, 1.807) is 52.3 Å². The molecule has 0 unspecified atom stereocenters. The second kappa shape index (κ2) is 11.7. The summed E-state index contributed by atoms with van der Waals surface area (Å²) >= 11 is 9.39. The molecule has 4 amide bonds. The Kier molecular flexibility index (Phi) is 8.97. The highest BCUT2D eigenvalue weighted by Gasteiger charge is 2.35. The zero-order valence-corrected chi connectivity index (χ0v) is 21.9. The number of hydrogen-bond acceptors (Lipinski definition) is 3. The molecule has 0 radical (unpaired) electrons. The summed E-state index contributed by atoms with van der Waals surface area (Å²) in [5, 5.41) is 6.35. The third-order valence-corrected chi connectivity index (χ3v) is 6.86. The number of carbonyl (C=O) groups excluding carboxylic acids is 3. The Labute approximate surface area is 214 Å². The molecule has 0 aromatic heterocycles. The van der Waals surface area contributed by atoms with Gasteiger partial charge in [-0.15, -0.1) is 0 Å². The molecule has 1 fully saturated rings. The van der Waals surface area contributed by atoms with Crippen LogP contribution >= 0.6 is 27.5 Å². The number of halogens is 2. The fraction of sp³-hybridized carbons (Fsp3) is 0.400. The van der Waals surface area contributed by atoms with Crippen LogP contribution < -0.4 is 10.6 Å². The van der Waals surface area contributed by atoms with Crippen molar-refractivity contribution in [1.29, 1.82) is 0 Å². The van der Waals surface area contributed by atoms with Crippen molar-refractivity contribution >= 4 is 51.1 Å². The zero-order chi connectivity index (χ0) is 24.8. The lowest BCUT2D eigenvalue weighted by Gasteiger charge is -2.41. The molecule has 0 saturated carbocycles. The van der Waals surface area contributed by atoms with Crippen LogP contribution in [0.15, 0.2) is 53.0 Å². The minimum atomic E-state index is -0.643. The molecule has 0 spiro atoms. The number of amides is 4. The first-order valence-electron chi connectivity index (χ1n) is 11.4. The van der Waals surface area contributed by atoms with E-state index in [1.807, 2.05) is 26.8 Å². The number of nitrogens with zero attached hydrogens (tertiary/aromatic N) is 2. The van der Waals surface area contributed by atoms with Gasteiger partial charge in [-0.05, 0) is 49.2 Å². The van der Waals surface area contributed by atoms with E-state index in [2.05, 4.69) is 26.6 Å². The number of benzene rings is 2. The Morgan fingerprint density at radius 1 is 1.15 bits per heavy atom. The van der Waals surface area contributed by atoms with Crippen molar-refractivity contribution in [1.82, 2.24) is 15.1 Å². The van der Waals surface area contributed by atoms with Gasteiger partial charge in [0.1, 0.15) is 6.04 Å². The highest BCUT2D eigenvalue weighted by atomic mass is 79.9. The summed E-state index contributed by atoms with van der Waals surface area (Å²) in [4.78, 5) is 42.5. The summed E-state index contributed by atoms with van der Waals surface area (Å²) in [5.74, 6) is -0.449. The molecule has 3 rings (SSSR count). The van der Waals surface area contributed by atoms with Crippen molar-refractivity contribution in [3.8, 4) is 0 Å². The monoisotopic (exact) mass is 548 g/mol. The van der Waals surface area contributed by atoms with E-state index in [0.29, 0.717) is 35.9 Å². The van der Waals surface area contributed by atoms with E-state index in [4.69, 9.17) is 11.6 Å². The van der Waals surface area contributed by atoms with E-state index in [0.717, 1.165) is 10.9 Å². The minimum absolute atomic E-state index is 0.0388. The number of nitrogens with one attached hydrogen (secondary N) is 2. The maximum atomic E-state index is 13.5. The van der Waals surface area contributed by atoms with E-state index < -0.39 is 6.04 Å². The van der Waals surface area contributed by atoms with Gasteiger partial charge in [0.2, 0.25) is 5.91 Å². The maximum Gasteiger partial charge on any atom is 0.322 e. The number of urea groups is 1. The molecule has 2 aromatic carbocycles. The van der Waals surface area contributed by atoms with Gasteiger partial charge in [-0.25, -0.2) is 4.79 Å². The van der Waals surface area contributed by atoms with Gasteiger partial charge in [-0.3, -0.25) is 9.59 Å². The number of piperazine rings is 1. The molecule has 34 heavy (non-hydrogen) atoms. The van der Waals surface area contributed by atoms with Crippen LogP contribution in [0.4, 0.5) is 10.5 Å². The zero-order valence-electron chi connectivity index (χ0n) is 19.6. The third-order valence-electron chi connectivity index (χ3n) is 6.13. The quantitative estimate of drug-likeness (QED) is 0.531. The van der Waals surface area contributed by atoms with E-state index in [9.17, 15) is 14.4 Å². The normalized spacial score (nSPS) is 17.6. The largest absolute Gasteiger partial charge is 0.340 e. The topological polar surface area (TPSA) is 81.8 Å². The third kappa shape index (κ3) is 6.51. The smallest absolute Gasteiger partial charge is 0.322 e. The Hall–Kier alpha value is -2.58. The van der Waals surface area contributed by atoms with Crippen molar-refractivity contribution < 1.29 is 14.4 Å². The van der Waals surface area contributed by atoms with Crippen LogP contribution in [0.1, 0.15) is 37.6 Å². The fourth-order valence-corrected chi connectivity index (χ4v) is 4.54. The molecular weight excluding hydrogens is 520 g/mol. The van der Waals surface area contributed by atoms with Crippen molar-refractivity contribution in [2.24, 2.45) is 5.92 Å². The summed E-state index contributed by atoms with van der Waals surface area (Å²) < 4.78 is 0.799. The first-order valence-corrected chi connectivity index (χ1v) is 12.5. The Bertz CT molecular complexity index is 1050. The molecule has 1 heterocycles. The van der Waals surface area contributed by atoms with Gasteiger partial charge in [0, 0.05) is 46.4 Å². The van der Waals surface area contributed by atoms with Gasteiger partial charge >= 0.3 is 6.03 Å². The Balaban J connectivity index is 1.65. The van der Waals surface area contributed by atoms with Crippen LogP contribution in [0.25, 0.3) is 0 Å². The Morgan fingerprint density at radius 3 is 2.53 bits per heavy atom. The molecule has 0 bridgehead atoms. The van der Waals surface area contributed by atoms with Gasteiger partial charge in [0.05, 0.1) is 0 Å². The SMILES string of the molecule is CC[C@H](C)[C@H](NC(=O)c1cccc(Br)c1)C(=O)N1CCN(C(=O)Nc2cccc(Cl)c2)[C@@H](C)C1. The van der Waals surface area contributed by atoms with Gasteiger partial charge in [-0.1, -0.05) is 59.9 Å². The Morgan fingerprint density at radius 2 is 1.88 bits per heavy atom. The molecule has 182 valence electrons. The standard InChI is InChI=1S/C25H30BrClN4O3/c1-4-16(2)22(29-23(32)18-7-5-8-19(26)13-18)24(33)30-11-12-31(17(3)15-30)25(34)28-21-10-6-9-20(27)14-21/h5-10,13-14,16-17,22H,4,11-12,15H2,1-3H3,(H,28,34)(H,29,32)/t16-,17-,22-/m0/s1. The highest BCUT2D eigenvalue weighted by molar-refractivity contribution is 9.10. The lowest BCUT2D eigenvalue weighted by atomic mass is 9.96. The van der Waals surface area contributed by atoms with Crippen molar-refractivity contribution in [2.45, 2.75) is 39.3 Å². The first kappa shape index (κ1) is 26.0. The van der Waals surface area contributed by atoms with Crippen molar-refractivity contribution in [3.05, 3.63) is 63.6 Å². The molecule has 1 aliphatic heterocycles. The number of rotatable bonds is 6. The highest BCUT2D eigenvalue weighted by Crippen LogP contribution is 2.20. The minimum Gasteiger partial charge on any atom is -0.340 e. The average molecular weight is 550 g/mol. The predicted molar refractivity (Wildman–Crippen MR) is 138 cm³/mol. The van der Waals surface area contributed by atoms with Crippen LogP contribution in [0.3, 0.4) is 0 Å². The van der Waals surface area contributed by atoms with E-state index in [-0.39, 0.29) is 29.8 Å². The molecule has 0 aliphatic carbocycles. The summed E-state index contributed by atoms with van der Waals surface area (Å²) in [6.07, 6.45) is 0.743. The van der Waals surface area contributed by atoms with E-state index >= 15 is 0 Å². The summed E-state index contributed by atoms with van der Waals surface area (Å²) in [6.45, 7) is 7.05. The van der Waals surface area contributed by atoms with Crippen molar-refractivity contribution in [3.63, 3.8) is 0 Å². The summed E-state index contributed by atoms with van der Waals surface area (Å²) in [6, 6.07) is 13.0. The maximum absolute atomic E-state index is 13.5. The van der Waals surface area contributed by atoms with Crippen LogP contribution in [0.2, 0.25) is 5.02 Å². The molecule has 2 N–H and O–H groups in total. The summed E-state index contributed by atoms with van der Waals surface area (Å²) in [7, 11) is 0. The molecule has 1 saturated heterocycles. The van der Waals surface area contributed by atoms with Crippen LogP contribution in [0, 0.1) is 5.92 Å². The van der Waals surface area contributed by atoms with Crippen LogP contribution in [0.5, 0.6) is 0 Å². The van der Waals surface area contributed by atoms with Gasteiger partial charge in [0.15, 0.2) is 0 Å². The number of carbonyl (C=O) groups is 3. The van der Waals surface area contributed by atoms with Gasteiger partial charge in [0.25, 0.3) is 5.91 Å². The second-order valence-corrected chi connectivity index (χ2v) is 9.97. The van der Waals surface area contributed by atoms with Crippen LogP contribution in [-0.2, 0) is 4.79 Å². The van der Waals surface area contributed by atoms with Gasteiger partial charge in [-0.2, -0.15) is 0 Å². The van der Waals surface area contributed by atoms with Crippen molar-refractivity contribution in [2.75, 3.05) is 25.0 Å². The lowest BCUT2D eigenvalue weighted by Crippen LogP contribution is -2.60. The lowest BCUT2D eigenvalue weighted by molar-refractivity contribution is -0.136. The second-order valence-electron chi connectivity index (χ2n) is 8.61. The predicted octanol–water partition coefficient (Wildman–Crippen LogP) is 5.01. The molecule has 9 heteroatoms. The molecule has 7 nitrogen and oxygen atoms in total. The molecule has 3 atom stereocenters. The molecule has 1 aliphatic rings. The van der Waals surface area contributed by atoms with Crippen LogP contribution in [-0.4, -0.2) is 59.4 Å². The first-order chi connectivity index (χ1) is 16.2. The molecular formula is C25H30BrClN4O3. The van der Waals surface area contributed by atoms with Gasteiger partial charge < -0.3 is 20.4 Å². The molecule has 2 aromatic rings. The summed E-state index contributed by atoms with van der Waals surface area (Å²) in [5.41, 5.74) is 1.11. The fourth-order valence-electron chi connectivity index (χ4n) is 3.96. The number of hydrogen-bond donors (Lipinski definition) is 2. The van der Waals surface area contributed by atoms with E-state index in [1.165, 1.54) is 0 Å².